The van der Waals surface area contributed by atoms with Crippen LogP contribution in [0.2, 0.25) is 0 Å². The summed E-state index contributed by atoms with van der Waals surface area (Å²) in [6.07, 6.45) is -4.88. The zero-order chi connectivity index (χ0) is 24.2. The van der Waals surface area contributed by atoms with Gasteiger partial charge in [0.05, 0.1) is 29.4 Å². The van der Waals surface area contributed by atoms with Crippen LogP contribution in [-0.2, 0) is 22.7 Å². The highest BCUT2D eigenvalue weighted by Crippen LogP contribution is 2.34. The molecule has 1 amide bonds. The molecule has 33 heavy (non-hydrogen) atoms. The lowest BCUT2D eigenvalue weighted by Crippen LogP contribution is -2.30. The third-order valence-electron chi connectivity index (χ3n) is 4.86. The lowest BCUT2D eigenvalue weighted by molar-refractivity contribution is -0.139. The van der Waals surface area contributed by atoms with Crippen LogP contribution in [0.1, 0.15) is 38.9 Å². The molecule has 2 aromatic carbocycles. The van der Waals surface area contributed by atoms with Crippen molar-refractivity contribution >= 4 is 15.9 Å². The number of sulfonamides is 1. The minimum Gasteiger partial charge on any atom is -0.468 e. The maximum Gasteiger partial charge on any atom is 0.416 e. The molecule has 0 spiro atoms. The Hall–Kier alpha value is -3.15. The second-order valence-electron chi connectivity index (χ2n) is 7.19. The van der Waals surface area contributed by atoms with Gasteiger partial charge in [0.25, 0.3) is 5.91 Å². The van der Waals surface area contributed by atoms with Gasteiger partial charge in [-0.1, -0.05) is 24.3 Å². The Balaban J connectivity index is 1.73. The van der Waals surface area contributed by atoms with Gasteiger partial charge in [0.15, 0.2) is 0 Å². The van der Waals surface area contributed by atoms with Gasteiger partial charge in [-0.15, -0.1) is 0 Å². The molecule has 11 heteroatoms. The van der Waals surface area contributed by atoms with E-state index in [1.54, 1.807) is 19.1 Å². The zero-order valence-corrected chi connectivity index (χ0v) is 18.2. The van der Waals surface area contributed by atoms with Crippen LogP contribution < -0.4 is 10.0 Å². The molecule has 1 atom stereocenters. The minimum atomic E-state index is -4.66. The summed E-state index contributed by atoms with van der Waals surface area (Å²) >= 11 is 0. The van der Waals surface area contributed by atoms with E-state index in [0.29, 0.717) is 11.3 Å². The minimum absolute atomic E-state index is 0.00665. The van der Waals surface area contributed by atoms with Crippen LogP contribution in [0.4, 0.5) is 13.2 Å². The van der Waals surface area contributed by atoms with E-state index in [2.05, 4.69) is 10.0 Å². The van der Waals surface area contributed by atoms with Gasteiger partial charge in [-0.05, 0) is 48.4 Å². The Morgan fingerprint density at radius 3 is 2.52 bits per heavy atom. The number of nitrogens with one attached hydrogen (secondary N) is 2. The summed E-state index contributed by atoms with van der Waals surface area (Å²) in [5.74, 6) is -0.337. The molecule has 3 rings (SSSR count). The lowest BCUT2D eigenvalue weighted by atomic mass is 10.0. The lowest BCUT2D eigenvalue weighted by Gasteiger charge is -2.18. The van der Waals surface area contributed by atoms with Gasteiger partial charge in [-0.3, -0.25) is 4.79 Å². The number of carbonyl (C=O) groups is 1. The first-order chi connectivity index (χ1) is 15.5. The molecule has 0 aliphatic rings. The number of amides is 1. The van der Waals surface area contributed by atoms with Crippen LogP contribution in [0, 0.1) is 6.92 Å². The Labute approximate surface area is 188 Å². The van der Waals surface area contributed by atoms with Crippen molar-refractivity contribution in [1.29, 1.82) is 0 Å². The first-order valence-electron chi connectivity index (χ1n) is 9.74. The number of hydrogen-bond acceptors (Lipinski definition) is 5. The highest BCUT2D eigenvalue weighted by atomic mass is 32.2. The topological polar surface area (TPSA) is 109 Å². The number of halogens is 3. The fourth-order valence-electron chi connectivity index (χ4n) is 3.12. The summed E-state index contributed by atoms with van der Waals surface area (Å²) in [5.41, 5.74) is -0.922. The second kappa shape index (κ2) is 9.77. The molecule has 1 heterocycles. The Morgan fingerprint density at radius 2 is 1.85 bits per heavy atom. The molecule has 176 valence electrons. The number of furan rings is 1. The summed E-state index contributed by atoms with van der Waals surface area (Å²) in [6, 6.07) is 11.6. The number of aryl methyl sites for hydroxylation is 1. The monoisotopic (exact) mass is 482 g/mol. The van der Waals surface area contributed by atoms with Crippen LogP contribution >= 0.6 is 0 Å². The van der Waals surface area contributed by atoms with Gasteiger partial charge in [0, 0.05) is 12.1 Å². The molecule has 0 bridgehead atoms. The maximum atomic E-state index is 13.2. The van der Waals surface area contributed by atoms with Gasteiger partial charge in [0.1, 0.15) is 5.76 Å². The molecule has 1 aromatic heterocycles. The third-order valence-corrected chi connectivity index (χ3v) is 6.26. The number of aliphatic hydroxyl groups excluding tert-OH is 1. The van der Waals surface area contributed by atoms with Crippen molar-refractivity contribution in [2.45, 2.75) is 30.6 Å². The molecule has 0 aliphatic heterocycles. The number of rotatable bonds is 8. The Morgan fingerprint density at radius 1 is 1.12 bits per heavy atom. The predicted octanol–water partition coefficient (Wildman–Crippen LogP) is 3.55. The van der Waals surface area contributed by atoms with Crippen LogP contribution in [0.5, 0.6) is 0 Å². The van der Waals surface area contributed by atoms with E-state index < -0.39 is 40.3 Å². The number of benzene rings is 2. The van der Waals surface area contributed by atoms with Gasteiger partial charge in [-0.2, -0.15) is 13.2 Å². The van der Waals surface area contributed by atoms with E-state index >= 15 is 0 Å². The van der Waals surface area contributed by atoms with E-state index in [1.165, 1.54) is 30.5 Å². The predicted molar refractivity (Wildman–Crippen MR) is 113 cm³/mol. The molecule has 1 unspecified atom stereocenters. The van der Waals surface area contributed by atoms with Crippen molar-refractivity contribution in [1.82, 2.24) is 10.0 Å². The second-order valence-corrected chi connectivity index (χ2v) is 8.96. The quantitative estimate of drug-likeness (QED) is 0.455. The highest BCUT2D eigenvalue weighted by molar-refractivity contribution is 7.89. The summed E-state index contributed by atoms with van der Waals surface area (Å²) in [5, 5.41) is 12.6. The third kappa shape index (κ3) is 6.01. The van der Waals surface area contributed by atoms with Crippen molar-refractivity contribution in [2.75, 3.05) is 6.54 Å². The molecule has 0 aliphatic carbocycles. The first kappa shape index (κ1) is 24.5. The van der Waals surface area contributed by atoms with Gasteiger partial charge < -0.3 is 14.8 Å². The smallest absolute Gasteiger partial charge is 0.416 e. The van der Waals surface area contributed by atoms with E-state index in [1.807, 2.05) is 0 Å². The molecule has 7 nitrogen and oxygen atoms in total. The van der Waals surface area contributed by atoms with Crippen LogP contribution in [-0.4, -0.2) is 26.0 Å². The van der Waals surface area contributed by atoms with Crippen LogP contribution in [0.25, 0.3) is 0 Å². The van der Waals surface area contributed by atoms with E-state index in [9.17, 15) is 31.5 Å². The van der Waals surface area contributed by atoms with Gasteiger partial charge in [-0.25, -0.2) is 13.1 Å². The standard InChI is InChI=1S/C22H21F3N2O5S/c1-14-8-9-16(33(30,31)27-12-15-5-4-10-32-15)11-18(14)21(29)26-13-20(28)17-6-2-3-7-19(17)22(23,24)25/h2-11,20,27-28H,12-13H2,1H3,(H,26,29). The molecule has 3 N–H and O–H groups in total. The fourth-order valence-corrected chi connectivity index (χ4v) is 4.13. The summed E-state index contributed by atoms with van der Waals surface area (Å²) in [4.78, 5) is 12.5. The molecule has 3 aromatic rings. The van der Waals surface area contributed by atoms with Crippen molar-refractivity contribution < 1.29 is 35.9 Å². The Bertz CT molecular complexity index is 1230. The van der Waals surface area contributed by atoms with Crippen molar-refractivity contribution in [3.8, 4) is 0 Å². The molecule has 0 radical (unpaired) electrons. The summed E-state index contributed by atoms with van der Waals surface area (Å²) < 4.78 is 72.1. The first-order valence-corrected chi connectivity index (χ1v) is 11.2. The number of aliphatic hydroxyl groups is 1. The van der Waals surface area contributed by atoms with Gasteiger partial charge in [0.2, 0.25) is 10.0 Å². The zero-order valence-electron chi connectivity index (χ0n) is 17.4. The van der Waals surface area contributed by atoms with Crippen molar-refractivity contribution in [3.05, 3.63) is 88.9 Å². The molecule has 0 fully saturated rings. The average molecular weight is 482 g/mol. The number of hydrogen-bond donors (Lipinski definition) is 3. The molecule has 0 saturated heterocycles. The number of alkyl halides is 3. The van der Waals surface area contributed by atoms with E-state index in [0.717, 1.165) is 18.2 Å². The fraction of sp³-hybridized carbons (Fsp3) is 0.227. The summed E-state index contributed by atoms with van der Waals surface area (Å²) in [6.45, 7) is 0.992. The largest absolute Gasteiger partial charge is 0.468 e. The van der Waals surface area contributed by atoms with Crippen molar-refractivity contribution in [3.63, 3.8) is 0 Å². The van der Waals surface area contributed by atoms with E-state index in [-0.39, 0.29) is 22.6 Å². The number of carbonyl (C=O) groups excluding carboxylic acids is 1. The molecular formula is C22H21F3N2O5S. The normalized spacial score (nSPS) is 13.0. The van der Waals surface area contributed by atoms with Crippen LogP contribution in [0.15, 0.2) is 70.2 Å². The van der Waals surface area contributed by atoms with Crippen molar-refractivity contribution in [2.24, 2.45) is 0 Å². The molecular weight excluding hydrogens is 461 g/mol. The average Bonchev–Trinajstić information content (AvgIpc) is 3.29. The van der Waals surface area contributed by atoms with Gasteiger partial charge >= 0.3 is 6.18 Å². The highest BCUT2D eigenvalue weighted by Gasteiger charge is 2.34. The maximum absolute atomic E-state index is 13.2. The van der Waals surface area contributed by atoms with E-state index in [4.69, 9.17) is 4.42 Å². The van der Waals surface area contributed by atoms with Crippen LogP contribution in [0.3, 0.4) is 0 Å². The Kier molecular flexibility index (Phi) is 7.25. The SMILES string of the molecule is Cc1ccc(S(=O)(=O)NCc2ccco2)cc1C(=O)NCC(O)c1ccccc1C(F)(F)F. The summed E-state index contributed by atoms with van der Waals surface area (Å²) in [7, 11) is -3.97. The molecule has 0 saturated carbocycles.